The fourth-order valence-electron chi connectivity index (χ4n) is 2.06. The molecular weight excluding hydrogens is 378 g/mol. The smallest absolute Gasteiger partial charge is 1.00 e. The van der Waals surface area contributed by atoms with Gasteiger partial charge in [0.05, 0.1) is 20.8 Å². The predicted molar refractivity (Wildman–Crippen MR) is 82.5 cm³/mol. The first-order valence-electron chi connectivity index (χ1n) is 6.15. The Hall–Kier alpha value is -0.0266. The van der Waals surface area contributed by atoms with E-state index >= 15 is 0 Å². The van der Waals surface area contributed by atoms with Crippen LogP contribution in [0.1, 0.15) is 5.56 Å². The number of hydrogen-bond donors (Lipinski definition) is 1. The van der Waals surface area contributed by atoms with Gasteiger partial charge in [0.2, 0.25) is 5.36 Å². The zero-order valence-corrected chi connectivity index (χ0v) is 19.9. The largest absolute Gasteiger partial charge is 2.00 e. The Bertz CT molecular complexity index is 831. The summed E-state index contributed by atoms with van der Waals surface area (Å²) in [6, 6.07) is 10.4. The van der Waals surface area contributed by atoms with Gasteiger partial charge in [0, 0.05) is 17.8 Å². The fourth-order valence-corrected chi connectivity index (χ4v) is 3.09. The number of rotatable bonds is 0. The minimum atomic E-state index is 0. The number of anilines is 1. The van der Waals surface area contributed by atoms with E-state index in [2.05, 4.69) is 28.8 Å². The van der Waals surface area contributed by atoms with Crippen LogP contribution in [0.15, 0.2) is 30.3 Å². The zero-order chi connectivity index (χ0) is 13.6. The average molecular weight is 394 g/mol. The number of halogens is 1. The van der Waals surface area contributed by atoms with Gasteiger partial charge >= 0.3 is 49.0 Å². The maximum Gasteiger partial charge on any atom is 2.00 e. The van der Waals surface area contributed by atoms with Gasteiger partial charge in [0.1, 0.15) is 14.1 Å². The molecule has 0 aromatic heterocycles. The number of benzene rings is 2. The van der Waals surface area contributed by atoms with Crippen LogP contribution in [0.25, 0.3) is 20.8 Å². The van der Waals surface area contributed by atoms with Crippen LogP contribution < -0.4 is 57.6 Å². The van der Waals surface area contributed by atoms with Crippen molar-refractivity contribution in [3.63, 3.8) is 0 Å². The molecule has 0 atom stereocenters. The molecule has 0 spiro atoms. The average Bonchev–Trinajstić information content (AvgIpc) is 2.37. The van der Waals surface area contributed by atoms with E-state index in [0.29, 0.717) is 0 Å². The Morgan fingerprint density at radius 1 is 1.14 bits per heavy atom. The van der Waals surface area contributed by atoms with Gasteiger partial charge in [-0.1, -0.05) is 0 Å². The molecule has 0 saturated heterocycles. The molecule has 0 fully saturated rings. The summed E-state index contributed by atoms with van der Waals surface area (Å²) in [4.78, 5) is 5.90. The molecule has 0 bridgehead atoms. The number of fused-ring (bicyclic) bond motifs is 2. The van der Waals surface area contributed by atoms with Crippen LogP contribution in [0.3, 0.4) is 0 Å². The fraction of sp³-hybridized carbons (Fsp3) is 0.200. The van der Waals surface area contributed by atoms with Gasteiger partial charge in [-0.15, -0.1) is 11.3 Å². The van der Waals surface area contributed by atoms with Crippen LogP contribution in [0.4, 0.5) is 5.69 Å². The molecule has 0 unspecified atom stereocenters. The standard InChI is InChI=1S/C15H15N3S.ClH.Na.Zn/c1-9-6-13-15(8-11(9)16)19-14-7-10(18(2)3)4-5-12(14)17-13;;;/h4-8,16H,1-3H3;1H;;/q;;+1;+2. The van der Waals surface area contributed by atoms with Crippen molar-refractivity contribution in [2.24, 2.45) is 0 Å². The Morgan fingerprint density at radius 3 is 2.45 bits per heavy atom. The summed E-state index contributed by atoms with van der Waals surface area (Å²) in [5.74, 6) is 0. The van der Waals surface area contributed by atoms with E-state index in [1.807, 2.05) is 27.1 Å². The maximum absolute atomic E-state index is 5.98. The summed E-state index contributed by atoms with van der Waals surface area (Å²) in [5, 5.41) is 1.19. The van der Waals surface area contributed by atoms with Crippen molar-refractivity contribution in [3.05, 3.63) is 41.3 Å². The van der Waals surface area contributed by atoms with Gasteiger partial charge in [-0.25, -0.2) is 9.56 Å². The monoisotopic (exact) mass is 392 g/mol. The molecule has 1 aromatic carbocycles. The summed E-state index contributed by atoms with van der Waals surface area (Å²) in [7, 11) is 4.09. The first-order valence-corrected chi connectivity index (χ1v) is 6.97. The molecule has 1 heterocycles. The molecular formula is C15H16ClN3NaSZn+3. The van der Waals surface area contributed by atoms with Gasteiger partial charge in [0.25, 0.3) is 0 Å². The molecule has 22 heavy (non-hydrogen) atoms. The summed E-state index contributed by atoms with van der Waals surface area (Å²) >= 11 is 1.74. The van der Waals surface area contributed by atoms with Crippen LogP contribution in [-0.2, 0) is 19.5 Å². The zero-order valence-electron chi connectivity index (χ0n) is 13.4. The number of nitrogens with two attached hydrogens (primary N) is 1. The molecule has 0 amide bonds. The van der Waals surface area contributed by atoms with Crippen molar-refractivity contribution in [2.75, 3.05) is 19.8 Å². The van der Waals surface area contributed by atoms with Crippen LogP contribution in [0, 0.1) is 6.92 Å². The van der Waals surface area contributed by atoms with Crippen molar-refractivity contribution in [2.45, 2.75) is 6.92 Å². The Kier molecular flexibility index (Phi) is 8.71. The summed E-state index contributed by atoms with van der Waals surface area (Å²) < 4.78 is 3.23. The molecule has 1 aromatic rings. The molecule has 1 aliphatic carbocycles. The molecule has 2 N–H and O–H groups in total. The molecule has 2 aliphatic rings. The Balaban J connectivity index is 0.00000147. The number of aromatic nitrogens is 1. The van der Waals surface area contributed by atoms with E-state index in [0.717, 1.165) is 27.2 Å². The molecule has 7 heteroatoms. The molecule has 3 rings (SSSR count). The van der Waals surface area contributed by atoms with Crippen LogP contribution in [-0.4, -0.2) is 19.1 Å². The van der Waals surface area contributed by atoms with Crippen molar-refractivity contribution < 1.29 is 61.4 Å². The van der Waals surface area contributed by atoms with Crippen molar-refractivity contribution in [3.8, 4) is 10.6 Å². The second-order valence-electron chi connectivity index (χ2n) is 4.94. The second-order valence-corrected chi connectivity index (χ2v) is 6.02. The maximum atomic E-state index is 5.98. The summed E-state index contributed by atoms with van der Waals surface area (Å²) in [6.07, 6.45) is 0. The molecule has 104 valence electrons. The van der Waals surface area contributed by atoms with Gasteiger partial charge in [-0.05, 0) is 30.7 Å². The van der Waals surface area contributed by atoms with Crippen molar-refractivity contribution >= 4 is 27.2 Å². The number of hydrogen-bond acceptors (Lipinski definition) is 3. The number of nitrogens with zero attached hydrogens (tertiary/aromatic N) is 2. The summed E-state index contributed by atoms with van der Waals surface area (Å²) in [5.41, 5.74) is 9.94. The molecule has 1 aliphatic heterocycles. The van der Waals surface area contributed by atoms with E-state index in [1.165, 1.54) is 10.2 Å². The van der Waals surface area contributed by atoms with E-state index in [9.17, 15) is 0 Å². The molecule has 3 nitrogen and oxygen atoms in total. The minimum Gasteiger partial charge on any atom is -1.00 e. The third-order valence-electron chi connectivity index (χ3n) is 3.27. The number of aryl methyl sites for hydroxylation is 1. The first-order chi connectivity index (χ1) is 9.04. The van der Waals surface area contributed by atoms with E-state index in [-0.39, 0.29) is 61.4 Å². The van der Waals surface area contributed by atoms with Crippen molar-refractivity contribution in [1.29, 1.82) is 0 Å². The Labute approximate surface area is 175 Å². The SMILES string of the molecule is Cc1cc2nc3ccc(=[N+](C)C)cc-3sc2cc1N.[Cl-].[Na+].[Zn+2]. The molecule has 0 radical (unpaired) electrons. The van der Waals surface area contributed by atoms with E-state index in [1.54, 1.807) is 11.3 Å². The third-order valence-corrected chi connectivity index (χ3v) is 4.36. The normalized spacial score (nSPS) is 9.59. The first kappa shape index (κ1) is 22.0. The second kappa shape index (κ2) is 8.72. The topological polar surface area (TPSA) is 41.9 Å². The van der Waals surface area contributed by atoms with Crippen LogP contribution in [0.2, 0.25) is 0 Å². The quantitative estimate of drug-likeness (QED) is 0.185. The number of nitrogen functional groups attached to an aromatic ring is 1. The minimum absolute atomic E-state index is 0. The van der Waals surface area contributed by atoms with Crippen LogP contribution in [0.5, 0.6) is 0 Å². The van der Waals surface area contributed by atoms with E-state index < -0.39 is 0 Å². The Morgan fingerprint density at radius 2 is 1.82 bits per heavy atom. The van der Waals surface area contributed by atoms with Gasteiger partial charge < -0.3 is 18.1 Å². The van der Waals surface area contributed by atoms with Gasteiger partial charge in [-0.3, -0.25) is 0 Å². The van der Waals surface area contributed by atoms with Gasteiger partial charge in [0.15, 0.2) is 0 Å². The van der Waals surface area contributed by atoms with E-state index in [4.69, 9.17) is 10.7 Å². The van der Waals surface area contributed by atoms with Crippen molar-refractivity contribution in [1.82, 2.24) is 9.56 Å². The predicted octanol–water partition coefficient (Wildman–Crippen LogP) is -3.67. The van der Waals surface area contributed by atoms with Gasteiger partial charge in [-0.2, -0.15) is 0 Å². The molecule has 0 saturated carbocycles. The summed E-state index contributed by atoms with van der Waals surface area (Å²) in [6.45, 7) is 2.01. The van der Waals surface area contributed by atoms with Crippen LogP contribution >= 0.6 is 11.3 Å². The third kappa shape index (κ3) is 4.28.